The molecule has 0 amide bonds. The first-order chi connectivity index (χ1) is 12.1. The molecule has 1 aromatic heterocycles. The summed E-state index contributed by atoms with van der Waals surface area (Å²) in [6.07, 6.45) is 4.31. The van der Waals surface area contributed by atoms with Crippen LogP contribution in [0.4, 0.5) is 5.69 Å². The van der Waals surface area contributed by atoms with Gasteiger partial charge in [-0.1, -0.05) is 6.42 Å². The minimum absolute atomic E-state index is 0.180. The van der Waals surface area contributed by atoms with E-state index in [4.69, 9.17) is 5.26 Å². The highest BCUT2D eigenvalue weighted by molar-refractivity contribution is 7.89. The molecule has 1 aromatic carbocycles. The van der Waals surface area contributed by atoms with Crippen LogP contribution in [0, 0.1) is 11.3 Å². The van der Waals surface area contributed by atoms with E-state index in [-0.39, 0.29) is 16.3 Å². The van der Waals surface area contributed by atoms with Crippen LogP contribution in [0.15, 0.2) is 35.4 Å². The summed E-state index contributed by atoms with van der Waals surface area (Å²) in [5.41, 5.74) is 0.854. The molecule has 1 aliphatic rings. The quantitative estimate of drug-likeness (QED) is 0.771. The Balaban J connectivity index is 1.73. The fourth-order valence-electron chi connectivity index (χ4n) is 2.56. The van der Waals surface area contributed by atoms with Crippen molar-refractivity contribution in [1.29, 1.82) is 5.26 Å². The van der Waals surface area contributed by atoms with Crippen LogP contribution in [0.25, 0.3) is 5.57 Å². The number of hydrogen-bond acceptors (Lipinski definition) is 7. The number of nitrogens with zero attached hydrogens (tertiary/aromatic N) is 5. The Labute approximate surface area is 145 Å². The largest absolute Gasteiger partial charge is 0.360 e. The smallest absolute Gasteiger partial charge is 0.243 e. The number of tetrazole rings is 1. The molecule has 10 heteroatoms. The van der Waals surface area contributed by atoms with Crippen molar-refractivity contribution in [2.45, 2.75) is 24.2 Å². The van der Waals surface area contributed by atoms with Gasteiger partial charge in [0.25, 0.3) is 0 Å². The Morgan fingerprint density at radius 1 is 1.24 bits per heavy atom. The number of aromatic nitrogens is 4. The molecular formula is C15H17N7O2S. The molecule has 1 saturated heterocycles. The topological polar surface area (TPSA) is 128 Å². The van der Waals surface area contributed by atoms with Gasteiger partial charge in [0.2, 0.25) is 15.8 Å². The number of allylic oxidation sites excluding steroid dienone is 1. The van der Waals surface area contributed by atoms with Crippen LogP contribution >= 0.6 is 0 Å². The van der Waals surface area contributed by atoms with Crippen LogP contribution in [-0.4, -0.2) is 46.4 Å². The van der Waals surface area contributed by atoms with Gasteiger partial charge in [-0.2, -0.15) is 14.8 Å². The minimum Gasteiger partial charge on any atom is -0.360 e. The van der Waals surface area contributed by atoms with Crippen LogP contribution in [0.1, 0.15) is 25.1 Å². The third-order valence-electron chi connectivity index (χ3n) is 3.90. The molecule has 0 unspecified atom stereocenters. The molecule has 1 fully saturated rings. The SMILES string of the molecule is N#CC(=CNc1ccc(S(=O)(=O)N2CCCCC2)cc1)c1nn[nH]n1. The second-order valence-corrected chi connectivity index (χ2v) is 7.48. The zero-order valence-electron chi connectivity index (χ0n) is 13.4. The number of aromatic amines is 1. The van der Waals surface area contributed by atoms with Gasteiger partial charge in [-0.15, -0.1) is 10.2 Å². The summed E-state index contributed by atoms with van der Waals surface area (Å²) in [7, 11) is -3.44. The van der Waals surface area contributed by atoms with E-state index in [1.165, 1.54) is 10.5 Å². The van der Waals surface area contributed by atoms with Crippen LogP contribution in [-0.2, 0) is 10.0 Å². The van der Waals surface area contributed by atoms with E-state index in [1.807, 2.05) is 6.07 Å². The number of rotatable bonds is 5. The average molecular weight is 359 g/mol. The van der Waals surface area contributed by atoms with Crippen molar-refractivity contribution < 1.29 is 8.42 Å². The lowest BCUT2D eigenvalue weighted by Crippen LogP contribution is -2.35. The molecule has 0 aliphatic carbocycles. The highest BCUT2D eigenvalue weighted by atomic mass is 32.2. The number of anilines is 1. The third-order valence-corrected chi connectivity index (χ3v) is 5.81. The average Bonchev–Trinajstić information content (AvgIpc) is 3.18. The first kappa shape index (κ1) is 17.1. The van der Waals surface area contributed by atoms with Crippen LogP contribution in [0.5, 0.6) is 0 Å². The Morgan fingerprint density at radius 2 is 1.96 bits per heavy atom. The number of piperidine rings is 1. The monoisotopic (exact) mass is 359 g/mol. The number of sulfonamides is 1. The van der Waals surface area contributed by atoms with E-state index in [9.17, 15) is 8.42 Å². The zero-order chi connectivity index (χ0) is 17.7. The van der Waals surface area contributed by atoms with Crippen molar-refractivity contribution in [3.8, 4) is 6.07 Å². The molecule has 2 N–H and O–H groups in total. The first-order valence-corrected chi connectivity index (χ1v) is 9.26. The summed E-state index contributed by atoms with van der Waals surface area (Å²) >= 11 is 0. The molecule has 0 radical (unpaired) electrons. The van der Waals surface area contributed by atoms with Crippen molar-refractivity contribution in [2.75, 3.05) is 18.4 Å². The van der Waals surface area contributed by atoms with E-state index >= 15 is 0 Å². The second kappa shape index (κ2) is 7.42. The Morgan fingerprint density at radius 3 is 2.56 bits per heavy atom. The molecule has 1 aliphatic heterocycles. The predicted molar refractivity (Wildman–Crippen MR) is 90.4 cm³/mol. The van der Waals surface area contributed by atoms with Gasteiger partial charge < -0.3 is 5.32 Å². The Kier molecular flexibility index (Phi) is 5.06. The Hall–Kier alpha value is -2.77. The molecule has 9 nitrogen and oxygen atoms in total. The lowest BCUT2D eigenvalue weighted by Gasteiger charge is -2.25. The first-order valence-electron chi connectivity index (χ1n) is 7.82. The van der Waals surface area contributed by atoms with E-state index in [0.29, 0.717) is 18.8 Å². The molecule has 0 spiro atoms. The highest BCUT2D eigenvalue weighted by Gasteiger charge is 2.25. The maximum atomic E-state index is 12.6. The molecule has 0 atom stereocenters. The summed E-state index contributed by atoms with van der Waals surface area (Å²) in [5, 5.41) is 25.2. The van der Waals surface area contributed by atoms with E-state index in [2.05, 4.69) is 25.9 Å². The van der Waals surface area contributed by atoms with Gasteiger partial charge in [-0.05, 0) is 42.3 Å². The van der Waals surface area contributed by atoms with Crippen LogP contribution in [0.2, 0.25) is 0 Å². The lowest BCUT2D eigenvalue weighted by atomic mass is 10.2. The normalized spacial score (nSPS) is 16.4. The molecule has 2 heterocycles. The van der Waals surface area contributed by atoms with Crippen LogP contribution in [0.3, 0.4) is 0 Å². The Bertz CT molecular complexity index is 877. The molecule has 0 bridgehead atoms. The summed E-state index contributed by atoms with van der Waals surface area (Å²) in [6.45, 7) is 1.14. The van der Waals surface area contributed by atoms with Gasteiger partial charge in [-0.25, -0.2) is 8.42 Å². The van der Waals surface area contributed by atoms with Crippen molar-refractivity contribution in [1.82, 2.24) is 24.9 Å². The number of benzene rings is 1. The number of nitriles is 1. The van der Waals surface area contributed by atoms with Crippen molar-refractivity contribution in [3.63, 3.8) is 0 Å². The number of hydrogen-bond donors (Lipinski definition) is 2. The summed E-state index contributed by atoms with van der Waals surface area (Å²) in [5.74, 6) is 0.180. The maximum Gasteiger partial charge on any atom is 0.243 e. The molecule has 130 valence electrons. The molecule has 2 aromatic rings. The third kappa shape index (κ3) is 3.84. The summed E-state index contributed by atoms with van der Waals surface area (Å²) in [4.78, 5) is 0.266. The molecule has 3 rings (SSSR count). The maximum absolute atomic E-state index is 12.6. The summed E-state index contributed by atoms with van der Waals surface area (Å²) < 4.78 is 26.7. The molecular weight excluding hydrogens is 342 g/mol. The van der Waals surface area contributed by atoms with Gasteiger partial charge >= 0.3 is 0 Å². The van der Waals surface area contributed by atoms with Crippen LogP contribution < -0.4 is 5.32 Å². The van der Waals surface area contributed by atoms with E-state index in [1.54, 1.807) is 24.3 Å². The van der Waals surface area contributed by atoms with Gasteiger partial charge in [0.1, 0.15) is 11.6 Å². The van der Waals surface area contributed by atoms with Crippen molar-refractivity contribution in [3.05, 3.63) is 36.3 Å². The van der Waals surface area contributed by atoms with Crippen molar-refractivity contribution >= 4 is 21.3 Å². The standard InChI is InChI=1S/C15H17N7O2S/c16-10-12(15-18-20-21-19-15)11-17-13-4-6-14(7-5-13)25(23,24)22-8-2-1-3-9-22/h4-7,11,17H,1-3,8-9H2,(H,18,19,20,21). The van der Waals surface area contributed by atoms with Gasteiger partial charge in [0.15, 0.2) is 0 Å². The second-order valence-electron chi connectivity index (χ2n) is 5.54. The zero-order valence-corrected chi connectivity index (χ0v) is 14.2. The number of H-pyrrole nitrogens is 1. The fourth-order valence-corrected chi connectivity index (χ4v) is 4.07. The number of nitrogens with one attached hydrogen (secondary N) is 2. The predicted octanol–water partition coefficient (Wildman–Crippen LogP) is 1.35. The van der Waals surface area contributed by atoms with Gasteiger partial charge in [0, 0.05) is 25.0 Å². The summed E-state index contributed by atoms with van der Waals surface area (Å²) in [6, 6.07) is 8.38. The lowest BCUT2D eigenvalue weighted by molar-refractivity contribution is 0.346. The molecule has 25 heavy (non-hydrogen) atoms. The molecule has 0 saturated carbocycles. The van der Waals surface area contributed by atoms with Gasteiger partial charge in [-0.3, -0.25) is 0 Å². The highest BCUT2D eigenvalue weighted by Crippen LogP contribution is 2.22. The minimum atomic E-state index is -3.44. The van der Waals surface area contributed by atoms with E-state index in [0.717, 1.165) is 19.3 Å². The fraction of sp³-hybridized carbons (Fsp3) is 0.333. The van der Waals surface area contributed by atoms with E-state index < -0.39 is 10.0 Å². The van der Waals surface area contributed by atoms with Gasteiger partial charge in [0.05, 0.1) is 4.90 Å². The van der Waals surface area contributed by atoms with Crippen molar-refractivity contribution in [2.24, 2.45) is 0 Å².